The molecule has 5 heteroatoms. The predicted octanol–water partition coefficient (Wildman–Crippen LogP) is -0.823. The highest BCUT2D eigenvalue weighted by Crippen LogP contribution is 2.26. The van der Waals surface area contributed by atoms with E-state index in [-0.39, 0.29) is 0 Å². The van der Waals surface area contributed by atoms with Gasteiger partial charge in [0.25, 0.3) is 0 Å². The van der Waals surface area contributed by atoms with Crippen LogP contribution in [0.1, 0.15) is 6.92 Å². The number of hydrogen-bond donors (Lipinski definition) is 3. The number of thioether (sulfide) groups is 1. The fraction of sp³-hybridized carbons (Fsp3) is 1.00. The first-order valence-corrected chi connectivity index (χ1v) is 5.09. The second-order valence-corrected chi connectivity index (χ2v) is 3.85. The molecule has 1 aliphatic rings. The van der Waals surface area contributed by atoms with Gasteiger partial charge in [-0.05, 0) is 13.2 Å². The average Bonchev–Trinajstić information content (AvgIpc) is 2.08. The third kappa shape index (κ3) is 1.75. The molecule has 72 valence electrons. The van der Waals surface area contributed by atoms with E-state index in [1.165, 1.54) is 11.8 Å². The first-order chi connectivity index (χ1) is 5.57. The largest absolute Gasteiger partial charge is 0.388 e. The smallest absolute Gasteiger partial charge is 0.132 e. The van der Waals surface area contributed by atoms with Crippen LogP contribution in [0.3, 0.4) is 0 Å². The summed E-state index contributed by atoms with van der Waals surface area (Å²) in [7, 11) is 0. The Kier molecular flexibility index (Phi) is 3.37. The van der Waals surface area contributed by atoms with Crippen molar-refractivity contribution in [3.8, 4) is 0 Å². The summed E-state index contributed by atoms with van der Waals surface area (Å²) in [6.45, 7) is 1.67. The Bertz CT molecular complexity index is 150. The van der Waals surface area contributed by atoms with Crippen molar-refractivity contribution >= 4 is 11.8 Å². The summed E-state index contributed by atoms with van der Waals surface area (Å²) in [5.41, 5.74) is -0.446. The molecular weight excluding hydrogens is 180 g/mol. The summed E-state index contributed by atoms with van der Waals surface area (Å²) in [6, 6.07) is 0. The Morgan fingerprint density at radius 3 is 2.17 bits per heavy atom. The molecule has 1 heterocycles. The Labute approximate surface area is 75.5 Å². The lowest BCUT2D eigenvalue weighted by molar-refractivity contribution is -0.192. The van der Waals surface area contributed by atoms with Gasteiger partial charge < -0.3 is 20.1 Å². The van der Waals surface area contributed by atoms with Crippen molar-refractivity contribution < 1.29 is 20.1 Å². The van der Waals surface area contributed by atoms with E-state index in [9.17, 15) is 15.3 Å². The molecule has 1 rings (SSSR count). The molecule has 0 aromatic carbocycles. The van der Waals surface area contributed by atoms with E-state index < -0.39 is 29.9 Å². The second-order valence-electron chi connectivity index (χ2n) is 2.92. The van der Waals surface area contributed by atoms with Crippen molar-refractivity contribution in [3.05, 3.63) is 0 Å². The van der Waals surface area contributed by atoms with Gasteiger partial charge in [-0.2, -0.15) is 0 Å². The number of rotatable bonds is 1. The molecule has 0 radical (unpaired) electrons. The van der Waals surface area contributed by atoms with E-state index in [2.05, 4.69) is 0 Å². The van der Waals surface area contributed by atoms with Crippen LogP contribution in [0.4, 0.5) is 0 Å². The maximum atomic E-state index is 9.37. The quantitative estimate of drug-likeness (QED) is 0.508. The van der Waals surface area contributed by atoms with Crippen LogP contribution in [0, 0.1) is 0 Å². The highest BCUT2D eigenvalue weighted by atomic mass is 32.2. The fourth-order valence-corrected chi connectivity index (χ4v) is 1.93. The molecule has 0 aromatic heterocycles. The molecule has 0 amide bonds. The molecule has 1 aliphatic heterocycles. The first-order valence-electron chi connectivity index (χ1n) is 3.80. The van der Waals surface area contributed by atoms with Crippen LogP contribution in [-0.4, -0.2) is 51.4 Å². The van der Waals surface area contributed by atoms with Gasteiger partial charge in [-0.25, -0.2) is 0 Å². The molecule has 0 aliphatic carbocycles. The van der Waals surface area contributed by atoms with Crippen molar-refractivity contribution in [2.24, 2.45) is 0 Å². The SMILES string of the molecule is CS[C@@H]1O[C@@H](C)[C@@H](O)[C@@H](O)[C@@H]1O. The minimum Gasteiger partial charge on any atom is -0.388 e. The van der Waals surface area contributed by atoms with Crippen LogP contribution >= 0.6 is 11.8 Å². The van der Waals surface area contributed by atoms with Gasteiger partial charge in [0.05, 0.1) is 6.10 Å². The van der Waals surface area contributed by atoms with Crippen molar-refractivity contribution in [1.82, 2.24) is 0 Å². The predicted molar refractivity (Wildman–Crippen MR) is 45.9 cm³/mol. The van der Waals surface area contributed by atoms with Gasteiger partial charge in [0.1, 0.15) is 23.7 Å². The van der Waals surface area contributed by atoms with Crippen LogP contribution in [0.15, 0.2) is 0 Å². The topological polar surface area (TPSA) is 69.9 Å². The third-order valence-electron chi connectivity index (χ3n) is 2.04. The lowest BCUT2D eigenvalue weighted by Crippen LogP contribution is -2.55. The van der Waals surface area contributed by atoms with Crippen molar-refractivity contribution in [3.63, 3.8) is 0 Å². The molecule has 1 saturated heterocycles. The molecule has 12 heavy (non-hydrogen) atoms. The Morgan fingerprint density at radius 1 is 1.08 bits per heavy atom. The van der Waals surface area contributed by atoms with Crippen molar-refractivity contribution in [1.29, 1.82) is 0 Å². The summed E-state index contributed by atoms with van der Waals surface area (Å²) >= 11 is 1.32. The normalized spacial score (nSPS) is 49.2. The number of aliphatic hydroxyl groups is 3. The second kappa shape index (κ2) is 3.93. The number of aliphatic hydroxyl groups excluding tert-OH is 3. The molecule has 5 atom stereocenters. The lowest BCUT2D eigenvalue weighted by Gasteiger charge is -2.38. The number of hydrogen-bond acceptors (Lipinski definition) is 5. The van der Waals surface area contributed by atoms with Gasteiger partial charge in [-0.1, -0.05) is 0 Å². The van der Waals surface area contributed by atoms with Gasteiger partial charge in [0.15, 0.2) is 0 Å². The zero-order valence-electron chi connectivity index (χ0n) is 7.04. The van der Waals surface area contributed by atoms with Gasteiger partial charge in [0.2, 0.25) is 0 Å². The van der Waals surface area contributed by atoms with Gasteiger partial charge in [-0.3, -0.25) is 0 Å². The molecule has 0 bridgehead atoms. The summed E-state index contributed by atoms with van der Waals surface area (Å²) in [5.74, 6) is 0. The molecular formula is C7H14O4S. The van der Waals surface area contributed by atoms with Crippen LogP contribution < -0.4 is 0 Å². The van der Waals surface area contributed by atoms with E-state index in [0.29, 0.717) is 0 Å². The first kappa shape index (κ1) is 10.3. The number of ether oxygens (including phenoxy) is 1. The van der Waals surface area contributed by atoms with Gasteiger partial charge in [-0.15, -0.1) is 11.8 Å². The van der Waals surface area contributed by atoms with Gasteiger partial charge in [0, 0.05) is 0 Å². The van der Waals surface area contributed by atoms with E-state index in [1.807, 2.05) is 0 Å². The van der Waals surface area contributed by atoms with Crippen molar-refractivity contribution in [2.75, 3.05) is 6.26 Å². The van der Waals surface area contributed by atoms with E-state index in [0.717, 1.165) is 0 Å². The van der Waals surface area contributed by atoms with E-state index in [1.54, 1.807) is 13.2 Å². The van der Waals surface area contributed by atoms with Crippen molar-refractivity contribution in [2.45, 2.75) is 36.8 Å². The summed E-state index contributed by atoms with van der Waals surface area (Å²) in [6.07, 6.45) is -1.76. The summed E-state index contributed by atoms with van der Waals surface area (Å²) in [4.78, 5) is 0. The standard InChI is InChI=1S/C7H14O4S/c1-3-4(8)5(9)6(10)7(11-3)12-2/h3-10H,1-2H3/t3-,4+,5+,6-,7-/m0/s1. The van der Waals surface area contributed by atoms with E-state index in [4.69, 9.17) is 4.74 Å². The molecule has 0 aromatic rings. The zero-order valence-corrected chi connectivity index (χ0v) is 7.86. The minimum atomic E-state index is -1.11. The Balaban J connectivity index is 2.63. The molecule has 0 unspecified atom stereocenters. The lowest BCUT2D eigenvalue weighted by atomic mass is 10.0. The Morgan fingerprint density at radius 2 is 1.67 bits per heavy atom. The minimum absolute atomic E-state index is 0.430. The zero-order chi connectivity index (χ0) is 9.30. The van der Waals surface area contributed by atoms with Crippen LogP contribution in [-0.2, 0) is 4.74 Å². The third-order valence-corrected chi connectivity index (χ3v) is 2.90. The maximum absolute atomic E-state index is 9.37. The van der Waals surface area contributed by atoms with Crippen LogP contribution in [0.25, 0.3) is 0 Å². The molecule has 4 nitrogen and oxygen atoms in total. The Hall–Kier alpha value is 0.190. The van der Waals surface area contributed by atoms with Gasteiger partial charge >= 0.3 is 0 Å². The highest BCUT2D eigenvalue weighted by Gasteiger charge is 2.41. The summed E-state index contributed by atoms with van der Waals surface area (Å²) in [5, 5.41) is 28.0. The fourth-order valence-electron chi connectivity index (χ4n) is 1.21. The van der Waals surface area contributed by atoms with E-state index >= 15 is 0 Å². The molecule has 3 N–H and O–H groups in total. The molecule has 0 spiro atoms. The molecule has 0 saturated carbocycles. The highest BCUT2D eigenvalue weighted by molar-refractivity contribution is 7.99. The summed E-state index contributed by atoms with van der Waals surface area (Å²) < 4.78 is 5.23. The van der Waals surface area contributed by atoms with Crippen LogP contribution in [0.2, 0.25) is 0 Å². The molecule has 1 fully saturated rings. The maximum Gasteiger partial charge on any atom is 0.132 e. The monoisotopic (exact) mass is 194 g/mol. The van der Waals surface area contributed by atoms with Crippen LogP contribution in [0.5, 0.6) is 0 Å². The average molecular weight is 194 g/mol.